The van der Waals surface area contributed by atoms with Gasteiger partial charge in [0.2, 0.25) is 11.8 Å². The Morgan fingerprint density at radius 3 is 2.55 bits per heavy atom. The van der Waals surface area contributed by atoms with Gasteiger partial charge in [-0.1, -0.05) is 30.3 Å². The zero-order chi connectivity index (χ0) is 22.2. The number of carbonyl (C=O) groups excluding carboxylic acids is 3. The number of carbonyl (C=O) groups is 3. The molecule has 4 rings (SSSR count). The summed E-state index contributed by atoms with van der Waals surface area (Å²) in [7, 11) is 1.64. The second kappa shape index (κ2) is 8.11. The number of hydrogen-bond donors (Lipinski definition) is 1. The number of nitrogens with zero attached hydrogens (tertiary/aromatic N) is 1. The second-order valence-corrected chi connectivity index (χ2v) is 10.0. The fourth-order valence-electron chi connectivity index (χ4n) is 4.78. The predicted molar refractivity (Wildman–Crippen MR) is 119 cm³/mol. The monoisotopic (exact) mass is 440 g/mol. The van der Waals surface area contributed by atoms with Gasteiger partial charge in [0.05, 0.1) is 17.8 Å². The Labute approximate surface area is 186 Å². The van der Waals surface area contributed by atoms with Gasteiger partial charge in [-0.3, -0.25) is 14.4 Å². The molecule has 2 fully saturated rings. The van der Waals surface area contributed by atoms with Gasteiger partial charge in [-0.2, -0.15) is 0 Å². The van der Waals surface area contributed by atoms with E-state index in [9.17, 15) is 14.4 Å². The number of cyclic esters (lactones) is 1. The van der Waals surface area contributed by atoms with E-state index in [4.69, 9.17) is 4.74 Å². The molecule has 164 valence electrons. The lowest BCUT2D eigenvalue weighted by Crippen LogP contribution is -2.46. The standard InChI is InChI=1S/C24H28N2O4S/c1-23(2)18(13-20(27)30-23)21(28)26-11-10-24(15-26,22(29)25-3)14-16-6-8-17(9-7-16)19-5-4-12-31-19/h4-9,12,18H,10-11,13-15H2,1-3H3,(H,25,29)/t18-,24+/m0/s1. The maximum Gasteiger partial charge on any atom is 0.307 e. The van der Waals surface area contributed by atoms with Crippen molar-refractivity contribution in [1.29, 1.82) is 0 Å². The van der Waals surface area contributed by atoms with Gasteiger partial charge < -0.3 is 15.0 Å². The van der Waals surface area contributed by atoms with E-state index in [1.54, 1.807) is 37.1 Å². The topological polar surface area (TPSA) is 75.7 Å². The van der Waals surface area contributed by atoms with Gasteiger partial charge in [0.15, 0.2) is 0 Å². The lowest BCUT2D eigenvalue weighted by molar-refractivity contribution is -0.148. The van der Waals surface area contributed by atoms with E-state index in [0.29, 0.717) is 25.9 Å². The third-order valence-electron chi connectivity index (χ3n) is 6.56. The molecule has 2 aliphatic rings. The van der Waals surface area contributed by atoms with Gasteiger partial charge in [0, 0.05) is 25.0 Å². The number of amides is 2. The Morgan fingerprint density at radius 2 is 1.97 bits per heavy atom. The molecule has 2 aromatic rings. The second-order valence-electron chi connectivity index (χ2n) is 9.05. The van der Waals surface area contributed by atoms with Gasteiger partial charge in [-0.15, -0.1) is 11.3 Å². The van der Waals surface area contributed by atoms with Crippen LogP contribution < -0.4 is 5.32 Å². The van der Waals surface area contributed by atoms with Gasteiger partial charge in [-0.05, 0) is 49.3 Å². The van der Waals surface area contributed by atoms with Crippen LogP contribution in [0.15, 0.2) is 41.8 Å². The zero-order valence-corrected chi connectivity index (χ0v) is 19.0. The van der Waals surface area contributed by atoms with Crippen molar-refractivity contribution in [3.63, 3.8) is 0 Å². The number of thiophene rings is 1. The highest BCUT2D eigenvalue weighted by molar-refractivity contribution is 7.13. The number of ether oxygens (including phenoxy) is 1. The third kappa shape index (κ3) is 4.11. The molecule has 2 aliphatic heterocycles. The molecular weight excluding hydrogens is 412 g/mol. The first-order chi connectivity index (χ1) is 14.7. The van der Waals surface area contributed by atoms with Crippen molar-refractivity contribution in [1.82, 2.24) is 10.2 Å². The Bertz CT molecular complexity index is 984. The number of likely N-dealkylation sites (tertiary alicyclic amines) is 1. The number of nitrogens with one attached hydrogen (secondary N) is 1. The lowest BCUT2D eigenvalue weighted by Gasteiger charge is -2.30. The van der Waals surface area contributed by atoms with Gasteiger partial charge in [0.25, 0.3) is 0 Å². The first kappa shape index (κ1) is 21.6. The molecule has 31 heavy (non-hydrogen) atoms. The van der Waals surface area contributed by atoms with Crippen LogP contribution in [0.3, 0.4) is 0 Å². The average Bonchev–Trinajstić information content (AvgIpc) is 3.47. The normalized spacial score (nSPS) is 24.8. The number of benzene rings is 1. The predicted octanol–water partition coefficient (Wildman–Crippen LogP) is 3.26. The molecule has 0 unspecified atom stereocenters. The molecule has 0 aliphatic carbocycles. The molecule has 7 heteroatoms. The lowest BCUT2D eigenvalue weighted by atomic mass is 9.79. The van der Waals surface area contributed by atoms with E-state index in [1.807, 2.05) is 6.07 Å². The van der Waals surface area contributed by atoms with E-state index >= 15 is 0 Å². The van der Waals surface area contributed by atoms with E-state index in [0.717, 1.165) is 11.1 Å². The van der Waals surface area contributed by atoms with Crippen molar-refractivity contribution in [3.05, 3.63) is 47.3 Å². The summed E-state index contributed by atoms with van der Waals surface area (Å²) in [6, 6.07) is 12.4. The highest BCUT2D eigenvalue weighted by atomic mass is 32.1. The molecule has 0 radical (unpaired) electrons. The summed E-state index contributed by atoms with van der Waals surface area (Å²) < 4.78 is 5.34. The van der Waals surface area contributed by atoms with E-state index in [-0.39, 0.29) is 24.2 Å². The Balaban J connectivity index is 1.52. The van der Waals surface area contributed by atoms with Crippen molar-refractivity contribution in [3.8, 4) is 10.4 Å². The first-order valence-corrected chi connectivity index (χ1v) is 11.5. The van der Waals surface area contributed by atoms with Crippen molar-refractivity contribution in [2.75, 3.05) is 20.1 Å². The summed E-state index contributed by atoms with van der Waals surface area (Å²) in [5, 5.41) is 4.85. The maximum atomic E-state index is 13.2. The maximum absolute atomic E-state index is 13.2. The molecule has 2 atom stereocenters. The van der Waals surface area contributed by atoms with Crippen LogP contribution >= 0.6 is 11.3 Å². The van der Waals surface area contributed by atoms with Crippen LogP contribution in [-0.4, -0.2) is 48.4 Å². The van der Waals surface area contributed by atoms with Crippen LogP contribution in [0.4, 0.5) is 0 Å². The molecule has 0 bridgehead atoms. The van der Waals surface area contributed by atoms with E-state index in [1.165, 1.54) is 4.88 Å². The fraction of sp³-hybridized carbons (Fsp3) is 0.458. The highest BCUT2D eigenvalue weighted by Gasteiger charge is 2.51. The number of esters is 1. The smallest absolute Gasteiger partial charge is 0.307 e. The Kier molecular flexibility index (Phi) is 5.64. The summed E-state index contributed by atoms with van der Waals surface area (Å²) in [4.78, 5) is 40.9. The first-order valence-electron chi connectivity index (χ1n) is 10.6. The molecule has 6 nitrogen and oxygen atoms in total. The minimum absolute atomic E-state index is 0.0526. The summed E-state index contributed by atoms with van der Waals surface area (Å²) in [6.07, 6.45) is 1.25. The zero-order valence-electron chi connectivity index (χ0n) is 18.1. The molecule has 2 amide bonds. The number of rotatable bonds is 5. The van der Waals surface area contributed by atoms with Crippen LogP contribution in [0.2, 0.25) is 0 Å². The molecule has 1 aromatic carbocycles. The van der Waals surface area contributed by atoms with Gasteiger partial charge in [-0.25, -0.2) is 0 Å². The van der Waals surface area contributed by atoms with Gasteiger partial charge in [0.1, 0.15) is 5.60 Å². The third-order valence-corrected chi connectivity index (χ3v) is 7.48. The molecule has 2 saturated heterocycles. The van der Waals surface area contributed by atoms with E-state index < -0.39 is 16.9 Å². The summed E-state index contributed by atoms with van der Waals surface area (Å²) in [5.41, 5.74) is 0.731. The van der Waals surface area contributed by atoms with Crippen molar-refractivity contribution in [2.24, 2.45) is 11.3 Å². The van der Waals surface area contributed by atoms with Crippen LogP contribution in [0.1, 0.15) is 32.3 Å². The van der Waals surface area contributed by atoms with Crippen LogP contribution in [-0.2, 0) is 25.5 Å². The molecule has 0 spiro atoms. The Hall–Kier alpha value is -2.67. The summed E-state index contributed by atoms with van der Waals surface area (Å²) in [5.74, 6) is -1.01. The largest absolute Gasteiger partial charge is 0.459 e. The fourth-order valence-corrected chi connectivity index (χ4v) is 5.51. The minimum atomic E-state index is -0.815. The van der Waals surface area contributed by atoms with Crippen LogP contribution in [0, 0.1) is 11.3 Å². The molecule has 0 saturated carbocycles. The molecule has 1 aromatic heterocycles. The van der Waals surface area contributed by atoms with Gasteiger partial charge >= 0.3 is 5.97 Å². The number of hydrogen-bond acceptors (Lipinski definition) is 5. The quantitative estimate of drug-likeness (QED) is 0.724. The average molecular weight is 441 g/mol. The van der Waals surface area contributed by atoms with Crippen molar-refractivity contribution >= 4 is 29.1 Å². The molecule has 1 N–H and O–H groups in total. The van der Waals surface area contributed by atoms with E-state index in [2.05, 4.69) is 41.0 Å². The SMILES string of the molecule is CNC(=O)[C@@]1(Cc2ccc(-c3cccs3)cc2)CCN(C(=O)[C@@H]2CC(=O)OC2(C)C)C1. The van der Waals surface area contributed by atoms with Crippen molar-refractivity contribution < 1.29 is 19.1 Å². The highest BCUT2D eigenvalue weighted by Crippen LogP contribution is 2.39. The minimum Gasteiger partial charge on any atom is -0.459 e. The molecule has 3 heterocycles. The molecular formula is C24H28N2O4S. The Morgan fingerprint density at radius 1 is 1.23 bits per heavy atom. The van der Waals surface area contributed by atoms with Crippen LogP contribution in [0.5, 0.6) is 0 Å². The van der Waals surface area contributed by atoms with Crippen molar-refractivity contribution in [2.45, 2.75) is 38.7 Å². The summed E-state index contributed by atoms with van der Waals surface area (Å²) >= 11 is 1.70. The van der Waals surface area contributed by atoms with Crippen LogP contribution in [0.25, 0.3) is 10.4 Å². The summed E-state index contributed by atoms with van der Waals surface area (Å²) in [6.45, 7) is 4.40.